The molecular weight excluding hydrogens is 436 g/mol. The van der Waals surface area contributed by atoms with Crippen molar-refractivity contribution in [2.24, 2.45) is 0 Å². The summed E-state index contributed by atoms with van der Waals surface area (Å²) in [7, 11) is 0. The van der Waals surface area contributed by atoms with Crippen molar-refractivity contribution in [3.05, 3.63) is 90.0 Å². The molecule has 0 aliphatic carbocycles. The van der Waals surface area contributed by atoms with E-state index in [4.69, 9.17) is 5.84 Å². The van der Waals surface area contributed by atoms with Gasteiger partial charge >= 0.3 is 0 Å². The molecule has 0 fully saturated rings. The van der Waals surface area contributed by atoms with E-state index in [-0.39, 0.29) is 17.6 Å². The Kier molecular flexibility index (Phi) is 6.70. The standard InChI is InChI=1S/C24H22N6O2S/c1-16-11-13-17(14-12-16)22-28-29-24(30(22)25)33-15-21(31)27-20-10-6-5-9-19(20)23(32)26-18-7-3-2-4-8-18/h2-14H,15,25H2,1H3,(H,26,32)(H,27,31). The van der Waals surface area contributed by atoms with Gasteiger partial charge in [0, 0.05) is 11.3 Å². The summed E-state index contributed by atoms with van der Waals surface area (Å²) in [5.74, 6) is 6.10. The molecule has 0 saturated carbocycles. The van der Waals surface area contributed by atoms with Crippen molar-refractivity contribution in [2.75, 3.05) is 22.2 Å². The quantitative estimate of drug-likeness (QED) is 0.285. The molecule has 166 valence electrons. The third kappa shape index (κ3) is 5.39. The smallest absolute Gasteiger partial charge is 0.257 e. The van der Waals surface area contributed by atoms with Gasteiger partial charge in [-0.25, -0.2) is 4.68 Å². The van der Waals surface area contributed by atoms with Crippen LogP contribution in [0.3, 0.4) is 0 Å². The monoisotopic (exact) mass is 458 g/mol. The topological polar surface area (TPSA) is 115 Å². The summed E-state index contributed by atoms with van der Waals surface area (Å²) in [4.78, 5) is 25.3. The minimum atomic E-state index is -0.311. The average molecular weight is 459 g/mol. The number of rotatable bonds is 7. The zero-order valence-corrected chi connectivity index (χ0v) is 18.7. The lowest BCUT2D eigenvalue weighted by atomic mass is 10.1. The average Bonchev–Trinajstić information content (AvgIpc) is 3.19. The molecule has 0 spiro atoms. The van der Waals surface area contributed by atoms with E-state index in [2.05, 4.69) is 20.8 Å². The van der Waals surface area contributed by atoms with Crippen LogP contribution in [0.25, 0.3) is 11.4 Å². The first-order chi connectivity index (χ1) is 16.0. The van der Waals surface area contributed by atoms with Crippen molar-refractivity contribution in [3.63, 3.8) is 0 Å². The Labute approximate surface area is 195 Å². The number of nitrogens with zero attached hydrogens (tertiary/aromatic N) is 3. The van der Waals surface area contributed by atoms with Gasteiger partial charge in [0.2, 0.25) is 11.1 Å². The highest BCUT2D eigenvalue weighted by molar-refractivity contribution is 7.99. The number of hydrogen-bond acceptors (Lipinski definition) is 6. The van der Waals surface area contributed by atoms with Gasteiger partial charge in [0.05, 0.1) is 17.0 Å². The fourth-order valence-corrected chi connectivity index (χ4v) is 3.76. The van der Waals surface area contributed by atoms with Crippen LogP contribution in [0, 0.1) is 6.92 Å². The summed E-state index contributed by atoms with van der Waals surface area (Å²) < 4.78 is 1.36. The molecule has 33 heavy (non-hydrogen) atoms. The number of benzene rings is 3. The first-order valence-electron chi connectivity index (χ1n) is 10.2. The predicted molar refractivity (Wildman–Crippen MR) is 131 cm³/mol. The first kappa shape index (κ1) is 22.1. The summed E-state index contributed by atoms with van der Waals surface area (Å²) in [6.45, 7) is 2.00. The van der Waals surface area contributed by atoms with Crippen molar-refractivity contribution in [1.82, 2.24) is 14.9 Å². The Morgan fingerprint density at radius 1 is 0.909 bits per heavy atom. The van der Waals surface area contributed by atoms with Crippen LogP contribution in [-0.4, -0.2) is 32.4 Å². The number of carbonyl (C=O) groups excluding carboxylic acids is 2. The summed E-state index contributed by atoms with van der Waals surface area (Å²) in [5.41, 5.74) is 3.43. The molecular formula is C24H22N6O2S. The number of amides is 2. The van der Waals surface area contributed by atoms with Crippen LogP contribution < -0.4 is 16.5 Å². The second-order valence-corrected chi connectivity index (χ2v) is 8.19. The van der Waals surface area contributed by atoms with Crippen molar-refractivity contribution >= 4 is 35.0 Å². The maximum atomic E-state index is 12.7. The fourth-order valence-electron chi connectivity index (χ4n) is 3.10. The van der Waals surface area contributed by atoms with Gasteiger partial charge < -0.3 is 16.5 Å². The summed E-state index contributed by atoms with van der Waals surface area (Å²) in [6.07, 6.45) is 0. The zero-order valence-electron chi connectivity index (χ0n) is 17.9. The molecule has 0 unspecified atom stereocenters. The molecule has 1 aromatic heterocycles. The van der Waals surface area contributed by atoms with E-state index >= 15 is 0 Å². The largest absolute Gasteiger partial charge is 0.335 e. The zero-order chi connectivity index (χ0) is 23.2. The van der Waals surface area contributed by atoms with Crippen LogP contribution >= 0.6 is 11.8 Å². The molecule has 8 nitrogen and oxygen atoms in total. The second kappa shape index (κ2) is 10.0. The van der Waals surface area contributed by atoms with E-state index in [0.717, 1.165) is 22.9 Å². The number of nitrogen functional groups attached to an aromatic ring is 1. The number of carbonyl (C=O) groups is 2. The molecule has 4 rings (SSSR count). The van der Waals surface area contributed by atoms with E-state index in [1.54, 1.807) is 36.4 Å². The Morgan fingerprint density at radius 2 is 1.61 bits per heavy atom. The van der Waals surface area contributed by atoms with Gasteiger partial charge in [0.15, 0.2) is 5.82 Å². The van der Waals surface area contributed by atoms with Crippen LogP contribution in [0.2, 0.25) is 0 Å². The highest BCUT2D eigenvalue weighted by atomic mass is 32.2. The Bertz CT molecular complexity index is 1270. The van der Waals surface area contributed by atoms with Gasteiger partial charge in [-0.2, -0.15) is 0 Å². The lowest BCUT2D eigenvalue weighted by Crippen LogP contribution is -2.20. The lowest BCUT2D eigenvalue weighted by Gasteiger charge is -2.11. The summed E-state index contributed by atoms with van der Waals surface area (Å²) in [6, 6.07) is 23.7. The Hall–Kier alpha value is -4.11. The molecule has 0 atom stereocenters. The van der Waals surface area contributed by atoms with E-state index < -0.39 is 0 Å². The number of anilines is 2. The van der Waals surface area contributed by atoms with Crippen molar-refractivity contribution < 1.29 is 9.59 Å². The van der Waals surface area contributed by atoms with Crippen molar-refractivity contribution in [2.45, 2.75) is 12.1 Å². The summed E-state index contributed by atoms with van der Waals surface area (Å²) >= 11 is 1.16. The fraction of sp³-hybridized carbons (Fsp3) is 0.0833. The highest BCUT2D eigenvalue weighted by Crippen LogP contribution is 2.23. The van der Waals surface area contributed by atoms with Gasteiger partial charge in [0.1, 0.15) is 0 Å². The number of hydrogen-bond donors (Lipinski definition) is 3. The van der Waals surface area contributed by atoms with Crippen LogP contribution in [0.4, 0.5) is 11.4 Å². The molecule has 0 aliphatic heterocycles. The van der Waals surface area contributed by atoms with E-state index in [1.165, 1.54) is 4.68 Å². The molecule has 4 aromatic rings. The molecule has 9 heteroatoms. The third-order valence-electron chi connectivity index (χ3n) is 4.78. The first-order valence-corrected chi connectivity index (χ1v) is 11.2. The van der Waals surface area contributed by atoms with Gasteiger partial charge in [-0.1, -0.05) is 71.9 Å². The number of thioether (sulfide) groups is 1. The number of nitrogens with two attached hydrogens (primary N) is 1. The number of aryl methyl sites for hydroxylation is 1. The van der Waals surface area contributed by atoms with Gasteiger partial charge in [0.25, 0.3) is 5.91 Å². The van der Waals surface area contributed by atoms with E-state index in [0.29, 0.717) is 27.9 Å². The number of para-hydroxylation sites is 2. The Balaban J connectivity index is 1.40. The highest BCUT2D eigenvalue weighted by Gasteiger charge is 2.16. The van der Waals surface area contributed by atoms with Gasteiger partial charge in [-0.15, -0.1) is 10.2 Å². The van der Waals surface area contributed by atoms with Crippen LogP contribution in [-0.2, 0) is 4.79 Å². The molecule has 2 amide bonds. The van der Waals surface area contributed by atoms with Gasteiger partial charge in [-0.3, -0.25) is 9.59 Å². The molecule has 1 heterocycles. The number of aromatic nitrogens is 3. The second-order valence-electron chi connectivity index (χ2n) is 7.24. The van der Waals surface area contributed by atoms with Crippen molar-refractivity contribution in [3.8, 4) is 11.4 Å². The van der Waals surface area contributed by atoms with Crippen LogP contribution in [0.1, 0.15) is 15.9 Å². The van der Waals surface area contributed by atoms with E-state index in [9.17, 15) is 9.59 Å². The normalized spacial score (nSPS) is 10.6. The SMILES string of the molecule is Cc1ccc(-c2nnc(SCC(=O)Nc3ccccc3C(=O)Nc3ccccc3)n2N)cc1. The van der Waals surface area contributed by atoms with E-state index in [1.807, 2.05) is 49.4 Å². The maximum absolute atomic E-state index is 12.7. The molecule has 0 radical (unpaired) electrons. The van der Waals surface area contributed by atoms with Crippen LogP contribution in [0.15, 0.2) is 84.0 Å². The minimum absolute atomic E-state index is 0.0534. The molecule has 4 N–H and O–H groups in total. The molecule has 0 saturated heterocycles. The minimum Gasteiger partial charge on any atom is -0.335 e. The maximum Gasteiger partial charge on any atom is 0.257 e. The summed E-state index contributed by atoms with van der Waals surface area (Å²) in [5, 5.41) is 14.3. The molecule has 3 aromatic carbocycles. The molecule has 0 aliphatic rings. The lowest BCUT2D eigenvalue weighted by molar-refractivity contribution is -0.113. The predicted octanol–water partition coefficient (Wildman–Crippen LogP) is 3.95. The number of nitrogens with one attached hydrogen (secondary N) is 2. The third-order valence-corrected chi connectivity index (χ3v) is 5.73. The van der Waals surface area contributed by atoms with Crippen molar-refractivity contribution in [1.29, 1.82) is 0 Å². The van der Waals surface area contributed by atoms with Gasteiger partial charge in [-0.05, 0) is 31.2 Å². The Morgan fingerprint density at radius 3 is 2.36 bits per heavy atom. The molecule has 0 bridgehead atoms. The van der Waals surface area contributed by atoms with Crippen LogP contribution in [0.5, 0.6) is 0 Å².